The molecule has 1 aromatic heterocycles. The Morgan fingerprint density at radius 3 is 2.65 bits per heavy atom. The summed E-state index contributed by atoms with van der Waals surface area (Å²) in [4.78, 5) is 38.6. The lowest BCUT2D eigenvalue weighted by Crippen LogP contribution is -2.27. The molecule has 0 saturated carbocycles. The maximum Gasteiger partial charge on any atom is 0.325 e. The molecular weight excluding hydrogens is 459 g/mol. The highest BCUT2D eigenvalue weighted by atomic mass is 35.5. The number of para-hydroxylation sites is 1. The van der Waals surface area contributed by atoms with Crippen LogP contribution in [0.15, 0.2) is 53.6 Å². The summed E-state index contributed by atoms with van der Waals surface area (Å²) in [5, 5.41) is 1.27. The molecular formula is C22H16Cl2N2O4S. The van der Waals surface area contributed by atoms with Crippen molar-refractivity contribution in [2.24, 2.45) is 0 Å². The fourth-order valence-corrected chi connectivity index (χ4v) is 4.47. The molecule has 0 N–H and O–H groups in total. The molecule has 9 heteroatoms. The second-order valence-corrected chi connectivity index (χ2v) is 8.63. The summed E-state index contributed by atoms with van der Waals surface area (Å²) in [6.07, 6.45) is 3.45. The Labute approximate surface area is 192 Å². The van der Waals surface area contributed by atoms with E-state index in [2.05, 4.69) is 0 Å². The number of amides is 2. The van der Waals surface area contributed by atoms with Gasteiger partial charge in [0.1, 0.15) is 6.54 Å². The lowest BCUT2D eigenvalue weighted by molar-refractivity contribution is -0.141. The van der Waals surface area contributed by atoms with Crippen LogP contribution < -0.4 is 0 Å². The van der Waals surface area contributed by atoms with Crippen LogP contribution in [0.1, 0.15) is 11.1 Å². The first kappa shape index (κ1) is 21.5. The number of ether oxygens (including phenoxy) is 1. The molecule has 1 fully saturated rings. The van der Waals surface area contributed by atoms with E-state index in [1.165, 1.54) is 12.0 Å². The molecule has 0 spiro atoms. The van der Waals surface area contributed by atoms with E-state index in [4.69, 9.17) is 27.9 Å². The summed E-state index contributed by atoms with van der Waals surface area (Å²) < 4.78 is 6.52. The lowest BCUT2D eigenvalue weighted by Gasteiger charge is -2.12. The number of aromatic nitrogens is 1. The molecule has 1 aliphatic heterocycles. The fourth-order valence-electron chi connectivity index (χ4n) is 3.32. The first-order chi connectivity index (χ1) is 14.9. The second-order valence-electron chi connectivity index (χ2n) is 6.82. The maximum absolute atomic E-state index is 12.9. The number of esters is 1. The third kappa shape index (κ3) is 4.35. The van der Waals surface area contributed by atoms with Crippen LogP contribution >= 0.6 is 35.0 Å². The summed E-state index contributed by atoms with van der Waals surface area (Å²) in [6.45, 7) is 0.145. The Bertz CT molecular complexity index is 1250. The molecule has 1 aliphatic rings. The van der Waals surface area contributed by atoms with Crippen LogP contribution in [0, 0.1) is 0 Å². The lowest BCUT2D eigenvalue weighted by atomic mass is 10.1. The Balaban J connectivity index is 1.64. The van der Waals surface area contributed by atoms with Crippen LogP contribution in [-0.4, -0.2) is 33.7 Å². The van der Waals surface area contributed by atoms with Gasteiger partial charge in [0.05, 0.1) is 28.6 Å². The van der Waals surface area contributed by atoms with Crippen molar-refractivity contribution in [1.82, 2.24) is 9.47 Å². The average molecular weight is 475 g/mol. The van der Waals surface area contributed by atoms with Gasteiger partial charge in [-0.1, -0.05) is 47.5 Å². The molecule has 3 aromatic rings. The third-order valence-electron chi connectivity index (χ3n) is 4.83. The zero-order chi connectivity index (χ0) is 22.1. The van der Waals surface area contributed by atoms with Gasteiger partial charge >= 0.3 is 5.97 Å². The molecule has 4 rings (SSSR count). The van der Waals surface area contributed by atoms with Crippen molar-refractivity contribution in [2.75, 3.05) is 7.11 Å². The molecule has 0 aliphatic carbocycles. The molecule has 2 amide bonds. The zero-order valence-electron chi connectivity index (χ0n) is 16.3. The Morgan fingerprint density at radius 2 is 1.90 bits per heavy atom. The van der Waals surface area contributed by atoms with Gasteiger partial charge in [-0.3, -0.25) is 19.3 Å². The number of hydrogen-bond donors (Lipinski definition) is 0. The van der Waals surface area contributed by atoms with E-state index in [1.807, 2.05) is 24.3 Å². The third-order valence-corrected chi connectivity index (χ3v) is 6.48. The summed E-state index contributed by atoms with van der Waals surface area (Å²) in [5.41, 5.74) is 2.27. The van der Waals surface area contributed by atoms with Crippen molar-refractivity contribution in [3.63, 3.8) is 0 Å². The van der Waals surface area contributed by atoms with E-state index >= 15 is 0 Å². The normalized spacial score (nSPS) is 15.3. The van der Waals surface area contributed by atoms with Crippen LogP contribution in [0.5, 0.6) is 0 Å². The average Bonchev–Trinajstić information content (AvgIpc) is 3.23. The van der Waals surface area contributed by atoms with Crippen molar-refractivity contribution in [1.29, 1.82) is 0 Å². The topological polar surface area (TPSA) is 68.6 Å². The van der Waals surface area contributed by atoms with Gasteiger partial charge in [0.15, 0.2) is 0 Å². The highest BCUT2D eigenvalue weighted by molar-refractivity contribution is 8.18. The van der Waals surface area contributed by atoms with E-state index in [1.54, 1.807) is 35.0 Å². The predicted molar refractivity (Wildman–Crippen MR) is 122 cm³/mol. The van der Waals surface area contributed by atoms with Crippen molar-refractivity contribution in [3.8, 4) is 0 Å². The summed E-state index contributed by atoms with van der Waals surface area (Å²) in [7, 11) is 1.33. The minimum Gasteiger partial charge on any atom is -0.468 e. The van der Waals surface area contributed by atoms with Gasteiger partial charge < -0.3 is 9.30 Å². The van der Waals surface area contributed by atoms with Crippen LogP contribution in [0.2, 0.25) is 10.0 Å². The highest BCUT2D eigenvalue weighted by Crippen LogP contribution is 2.35. The number of rotatable bonds is 5. The van der Waals surface area contributed by atoms with Crippen molar-refractivity contribution in [3.05, 3.63) is 74.7 Å². The number of thioether (sulfide) groups is 1. The van der Waals surface area contributed by atoms with Crippen LogP contribution in [-0.2, 0) is 27.4 Å². The van der Waals surface area contributed by atoms with E-state index in [0.717, 1.165) is 28.2 Å². The van der Waals surface area contributed by atoms with E-state index in [9.17, 15) is 14.4 Å². The number of carbonyl (C=O) groups excluding carboxylic acids is 3. The minimum absolute atomic E-state index is 0.0453. The predicted octanol–water partition coefficient (Wildman–Crippen LogP) is 5.36. The monoisotopic (exact) mass is 474 g/mol. The van der Waals surface area contributed by atoms with Gasteiger partial charge in [-0.25, -0.2) is 0 Å². The zero-order valence-corrected chi connectivity index (χ0v) is 18.6. The van der Waals surface area contributed by atoms with E-state index in [-0.39, 0.29) is 30.2 Å². The maximum atomic E-state index is 12.9. The van der Waals surface area contributed by atoms with Crippen LogP contribution in [0.25, 0.3) is 17.0 Å². The first-order valence-electron chi connectivity index (χ1n) is 9.21. The van der Waals surface area contributed by atoms with Crippen molar-refractivity contribution in [2.45, 2.75) is 13.1 Å². The largest absolute Gasteiger partial charge is 0.468 e. The SMILES string of the molecule is COC(=O)Cn1cc(/C=C2\SC(=O)N(Cc3ccc(Cl)c(Cl)c3)C2=O)c2ccccc21. The number of benzene rings is 2. The molecule has 158 valence electrons. The van der Waals surface area contributed by atoms with Gasteiger partial charge in [0, 0.05) is 22.7 Å². The summed E-state index contributed by atoms with van der Waals surface area (Å²) in [6, 6.07) is 12.5. The Morgan fingerprint density at radius 1 is 1.13 bits per heavy atom. The highest BCUT2D eigenvalue weighted by Gasteiger charge is 2.35. The van der Waals surface area contributed by atoms with Gasteiger partial charge in [0.25, 0.3) is 11.1 Å². The minimum atomic E-state index is -0.383. The summed E-state index contributed by atoms with van der Waals surface area (Å²) in [5.74, 6) is -0.764. The number of halogens is 2. The molecule has 31 heavy (non-hydrogen) atoms. The van der Waals surface area contributed by atoms with Gasteiger partial charge in [-0.05, 0) is 41.6 Å². The molecule has 1 saturated heterocycles. The number of methoxy groups -OCH3 is 1. The van der Waals surface area contributed by atoms with Crippen molar-refractivity contribution >= 4 is 69.1 Å². The quantitative estimate of drug-likeness (QED) is 0.367. The number of hydrogen-bond acceptors (Lipinski definition) is 5. The fraction of sp³-hybridized carbons (Fsp3) is 0.136. The molecule has 2 aromatic carbocycles. The van der Waals surface area contributed by atoms with Gasteiger partial charge in [0.2, 0.25) is 0 Å². The van der Waals surface area contributed by atoms with E-state index in [0.29, 0.717) is 20.5 Å². The first-order valence-corrected chi connectivity index (χ1v) is 10.8. The summed E-state index contributed by atoms with van der Waals surface area (Å²) >= 11 is 12.9. The Kier molecular flexibility index (Phi) is 6.09. The van der Waals surface area contributed by atoms with Crippen LogP contribution in [0.4, 0.5) is 4.79 Å². The number of carbonyl (C=O) groups is 3. The smallest absolute Gasteiger partial charge is 0.325 e. The molecule has 0 bridgehead atoms. The standard InChI is InChI=1S/C22H16Cl2N2O4S/c1-30-20(27)12-25-11-14(15-4-2-3-5-18(15)25)9-19-21(28)26(22(29)31-19)10-13-6-7-16(23)17(24)8-13/h2-9,11H,10,12H2,1H3/b19-9-. The molecule has 0 unspecified atom stereocenters. The van der Waals surface area contributed by atoms with E-state index < -0.39 is 0 Å². The second kappa shape index (κ2) is 8.78. The molecule has 0 radical (unpaired) electrons. The molecule has 2 heterocycles. The number of fused-ring (bicyclic) bond motifs is 1. The molecule has 0 atom stereocenters. The van der Waals surface area contributed by atoms with Crippen LogP contribution in [0.3, 0.4) is 0 Å². The van der Waals surface area contributed by atoms with Crippen molar-refractivity contribution < 1.29 is 19.1 Å². The number of imide groups is 1. The Hall–Kier alpha value is -2.74. The van der Waals surface area contributed by atoms with Gasteiger partial charge in [-0.2, -0.15) is 0 Å². The van der Waals surface area contributed by atoms with Gasteiger partial charge in [-0.15, -0.1) is 0 Å². The number of nitrogens with zero attached hydrogens (tertiary/aromatic N) is 2. The molecule has 6 nitrogen and oxygen atoms in total.